The van der Waals surface area contributed by atoms with Crippen LogP contribution in [-0.2, 0) is 10.9 Å². The van der Waals surface area contributed by atoms with E-state index in [0.29, 0.717) is 0 Å². The van der Waals surface area contributed by atoms with Crippen LogP contribution in [0.4, 0.5) is 0 Å². The molecule has 0 aliphatic heterocycles. The zero-order chi connectivity index (χ0) is 18.9. The van der Waals surface area contributed by atoms with Gasteiger partial charge in [-0.15, -0.1) is 11.3 Å². The summed E-state index contributed by atoms with van der Waals surface area (Å²) in [4.78, 5) is 16.9. The van der Waals surface area contributed by atoms with E-state index in [0.717, 1.165) is 20.2 Å². The molecular formula is C25H17OS2+. The average molecular weight is 398 g/mol. The number of rotatable bonds is 3. The van der Waals surface area contributed by atoms with Crippen molar-refractivity contribution in [1.82, 2.24) is 0 Å². The Morgan fingerprint density at radius 3 is 1.82 bits per heavy atom. The highest BCUT2D eigenvalue weighted by Crippen LogP contribution is 2.37. The fourth-order valence-electron chi connectivity index (χ4n) is 3.46. The molecule has 28 heavy (non-hydrogen) atoms. The molecule has 0 saturated heterocycles. The summed E-state index contributed by atoms with van der Waals surface area (Å²) in [6.07, 6.45) is 0. The van der Waals surface area contributed by atoms with E-state index >= 15 is 0 Å². The predicted octanol–water partition coefficient (Wildman–Crippen LogP) is 6.51. The van der Waals surface area contributed by atoms with Crippen LogP contribution in [0.3, 0.4) is 0 Å². The first-order valence-corrected chi connectivity index (χ1v) is 11.2. The number of hydrogen-bond acceptors (Lipinski definition) is 2. The van der Waals surface area contributed by atoms with Crippen molar-refractivity contribution >= 4 is 42.4 Å². The van der Waals surface area contributed by atoms with E-state index in [1.165, 1.54) is 14.7 Å². The molecule has 0 fully saturated rings. The summed E-state index contributed by atoms with van der Waals surface area (Å²) in [7, 11) is -0.269. The molecule has 1 nitrogen and oxygen atoms in total. The van der Waals surface area contributed by atoms with E-state index in [2.05, 4.69) is 54.6 Å². The summed E-state index contributed by atoms with van der Waals surface area (Å²) >= 11 is 1.72. The molecule has 134 valence electrons. The minimum absolute atomic E-state index is 0.121. The SMILES string of the molecule is O=c1c2ccccc2sc2c([S+](c3ccccc3)c3ccccc3)cccc12. The minimum Gasteiger partial charge on any atom is -0.288 e. The smallest absolute Gasteiger partial charge is 0.196 e. The highest BCUT2D eigenvalue weighted by molar-refractivity contribution is 7.97. The quantitative estimate of drug-likeness (QED) is 0.250. The van der Waals surface area contributed by atoms with Gasteiger partial charge in [0.2, 0.25) is 0 Å². The summed E-state index contributed by atoms with van der Waals surface area (Å²) in [5.74, 6) is 0. The second-order valence-corrected chi connectivity index (χ2v) is 9.54. The number of benzene rings is 4. The van der Waals surface area contributed by atoms with E-state index in [9.17, 15) is 4.79 Å². The first-order chi connectivity index (χ1) is 13.8. The predicted molar refractivity (Wildman–Crippen MR) is 121 cm³/mol. The summed E-state index contributed by atoms with van der Waals surface area (Å²) in [6, 6.07) is 35.2. The van der Waals surface area contributed by atoms with Gasteiger partial charge >= 0.3 is 0 Å². The van der Waals surface area contributed by atoms with Crippen molar-refractivity contribution in [2.75, 3.05) is 0 Å². The molecule has 0 aliphatic carbocycles. The molecule has 3 heteroatoms. The maximum Gasteiger partial charge on any atom is 0.196 e. The van der Waals surface area contributed by atoms with Crippen molar-refractivity contribution in [3.8, 4) is 0 Å². The Hall–Kier alpha value is -2.88. The largest absolute Gasteiger partial charge is 0.288 e. The van der Waals surface area contributed by atoms with Crippen LogP contribution in [-0.4, -0.2) is 0 Å². The van der Waals surface area contributed by atoms with Gasteiger partial charge in [0, 0.05) is 15.5 Å². The zero-order valence-electron chi connectivity index (χ0n) is 15.0. The maximum atomic E-state index is 13.1. The van der Waals surface area contributed by atoms with E-state index in [1.54, 1.807) is 11.3 Å². The van der Waals surface area contributed by atoms with Gasteiger partial charge in [0.05, 0.1) is 4.70 Å². The summed E-state index contributed by atoms with van der Waals surface area (Å²) in [5, 5.41) is 1.61. The molecule has 0 N–H and O–H groups in total. The minimum atomic E-state index is -0.269. The Balaban J connectivity index is 1.86. The second-order valence-electron chi connectivity index (χ2n) is 6.49. The molecule has 1 aromatic heterocycles. The van der Waals surface area contributed by atoms with Gasteiger partial charge in [-0.05, 0) is 48.5 Å². The van der Waals surface area contributed by atoms with Gasteiger partial charge in [0.15, 0.2) is 20.1 Å². The standard InChI is InChI=1S/C25H17OS2/c26-24-20-14-7-8-16-22(20)27-25-21(24)15-9-17-23(25)28(18-10-3-1-4-11-18)19-12-5-2-6-13-19/h1-17H/q+1. The first-order valence-electron chi connectivity index (χ1n) is 9.12. The zero-order valence-corrected chi connectivity index (χ0v) is 16.7. The molecule has 5 rings (SSSR count). The van der Waals surface area contributed by atoms with Crippen LogP contribution in [0, 0.1) is 0 Å². The highest BCUT2D eigenvalue weighted by atomic mass is 32.2. The third-order valence-electron chi connectivity index (χ3n) is 4.74. The molecule has 0 spiro atoms. The topological polar surface area (TPSA) is 17.1 Å². The molecule has 0 unspecified atom stereocenters. The number of hydrogen-bond donors (Lipinski definition) is 0. The molecule has 0 radical (unpaired) electrons. The fourth-order valence-corrected chi connectivity index (χ4v) is 7.06. The van der Waals surface area contributed by atoms with E-state index in [4.69, 9.17) is 0 Å². The van der Waals surface area contributed by atoms with Crippen molar-refractivity contribution in [1.29, 1.82) is 0 Å². The summed E-state index contributed by atoms with van der Waals surface area (Å²) in [6.45, 7) is 0. The van der Waals surface area contributed by atoms with Crippen LogP contribution in [0.15, 0.2) is 123 Å². The molecular weight excluding hydrogens is 380 g/mol. The van der Waals surface area contributed by atoms with Crippen molar-refractivity contribution in [3.05, 3.63) is 113 Å². The average Bonchev–Trinajstić information content (AvgIpc) is 2.76. The van der Waals surface area contributed by atoms with Gasteiger partial charge in [-0.3, -0.25) is 4.79 Å². The van der Waals surface area contributed by atoms with Crippen molar-refractivity contribution in [2.45, 2.75) is 14.7 Å². The molecule has 0 bridgehead atoms. The van der Waals surface area contributed by atoms with Gasteiger partial charge in [0.25, 0.3) is 0 Å². The Bertz CT molecular complexity index is 1290. The lowest BCUT2D eigenvalue weighted by atomic mass is 10.2. The molecule has 4 aromatic carbocycles. The Kier molecular flexibility index (Phi) is 4.47. The van der Waals surface area contributed by atoms with Crippen LogP contribution < -0.4 is 5.43 Å². The molecule has 0 amide bonds. The van der Waals surface area contributed by atoms with Gasteiger partial charge < -0.3 is 0 Å². The molecule has 0 aliphatic rings. The normalized spacial score (nSPS) is 11.3. The van der Waals surface area contributed by atoms with Crippen LogP contribution in [0.5, 0.6) is 0 Å². The molecule has 0 saturated carbocycles. The Morgan fingerprint density at radius 1 is 0.571 bits per heavy atom. The molecule has 5 aromatic rings. The van der Waals surface area contributed by atoms with Crippen LogP contribution >= 0.6 is 11.3 Å². The van der Waals surface area contributed by atoms with E-state index < -0.39 is 0 Å². The van der Waals surface area contributed by atoms with Crippen LogP contribution in [0.1, 0.15) is 0 Å². The third-order valence-corrected chi connectivity index (χ3v) is 8.36. The first kappa shape index (κ1) is 17.2. The lowest BCUT2D eigenvalue weighted by molar-refractivity contribution is 1.34. The molecule has 1 heterocycles. The van der Waals surface area contributed by atoms with E-state index in [1.807, 2.05) is 48.5 Å². The van der Waals surface area contributed by atoms with Crippen molar-refractivity contribution in [2.24, 2.45) is 0 Å². The Morgan fingerprint density at radius 2 is 1.14 bits per heavy atom. The van der Waals surface area contributed by atoms with Crippen molar-refractivity contribution < 1.29 is 0 Å². The molecule has 0 atom stereocenters. The maximum absolute atomic E-state index is 13.1. The monoisotopic (exact) mass is 397 g/mol. The lowest BCUT2D eigenvalue weighted by Crippen LogP contribution is -2.07. The van der Waals surface area contributed by atoms with Crippen LogP contribution in [0.25, 0.3) is 20.2 Å². The highest BCUT2D eigenvalue weighted by Gasteiger charge is 2.31. The van der Waals surface area contributed by atoms with Crippen molar-refractivity contribution in [3.63, 3.8) is 0 Å². The van der Waals surface area contributed by atoms with Gasteiger partial charge in [-0.1, -0.05) is 54.6 Å². The fraction of sp³-hybridized carbons (Fsp3) is 0. The third kappa shape index (κ3) is 2.93. The number of fused-ring (bicyclic) bond motifs is 2. The van der Waals surface area contributed by atoms with Gasteiger partial charge in [-0.2, -0.15) is 0 Å². The van der Waals surface area contributed by atoms with Gasteiger partial charge in [-0.25, -0.2) is 0 Å². The summed E-state index contributed by atoms with van der Waals surface area (Å²) < 4.78 is 2.12. The second kappa shape index (κ2) is 7.27. The van der Waals surface area contributed by atoms with Crippen LogP contribution in [0.2, 0.25) is 0 Å². The van der Waals surface area contributed by atoms with E-state index in [-0.39, 0.29) is 16.3 Å². The lowest BCUT2D eigenvalue weighted by Gasteiger charge is -2.10. The van der Waals surface area contributed by atoms with Gasteiger partial charge in [0.1, 0.15) is 10.9 Å². The summed E-state index contributed by atoms with van der Waals surface area (Å²) in [5.41, 5.74) is 0.121. The Labute approximate surface area is 170 Å².